The van der Waals surface area contributed by atoms with E-state index >= 15 is 0 Å². The number of anilines is 2. The summed E-state index contributed by atoms with van der Waals surface area (Å²) in [5, 5.41) is 11.1. The van der Waals surface area contributed by atoms with Gasteiger partial charge in [-0.25, -0.2) is 0 Å². The molecule has 2 aromatic rings. The number of rotatable bonds is 12. The van der Waals surface area contributed by atoms with Gasteiger partial charge in [-0.15, -0.1) is 0 Å². The molecule has 2 aromatic carbocycles. The van der Waals surface area contributed by atoms with Crippen LogP contribution in [0.1, 0.15) is 112 Å². The predicted molar refractivity (Wildman–Crippen MR) is 149 cm³/mol. The zero-order chi connectivity index (χ0) is 24.7. The molecular weight excluding hydrogens is 537 g/mol. The van der Waals surface area contributed by atoms with Crippen molar-refractivity contribution in [2.24, 2.45) is 0 Å². The second kappa shape index (κ2) is 17.6. The van der Waals surface area contributed by atoms with Gasteiger partial charge in [0.2, 0.25) is 0 Å². The molecule has 2 rings (SSSR count). The molecule has 3 N–H and O–H groups in total. The normalized spacial score (nSPS) is 10.8. The van der Waals surface area contributed by atoms with Gasteiger partial charge in [0.25, 0.3) is 0 Å². The van der Waals surface area contributed by atoms with Crippen molar-refractivity contribution in [3.05, 3.63) is 57.6 Å². The van der Waals surface area contributed by atoms with Crippen molar-refractivity contribution < 1.29 is 41.9 Å². The van der Waals surface area contributed by atoms with Gasteiger partial charge in [0, 0.05) is 37.6 Å². The standard InChI is InChI=1S/C30H49N3.2ClH.Cu/c1-19(2)25-15-23(9)16-26(20(3)4)29(25)32-13-11-31-12-14-33-30-27(21(5)6)17-24(10)18-28(30)22(7)8;;;/h15-22,31-33H,11-14H2,1-10H3;2*1H;/q;;;+2/p-2. The van der Waals surface area contributed by atoms with Gasteiger partial charge in [-0.1, -0.05) is 90.8 Å². The Morgan fingerprint density at radius 1 is 0.500 bits per heavy atom. The first-order valence-corrected chi connectivity index (χ1v) is 13.0. The molecule has 0 aliphatic carbocycles. The van der Waals surface area contributed by atoms with E-state index in [1.54, 1.807) is 0 Å². The number of hydrogen-bond donors (Lipinski definition) is 3. The molecule has 209 valence electrons. The molecule has 0 unspecified atom stereocenters. The summed E-state index contributed by atoms with van der Waals surface area (Å²) in [6, 6.07) is 9.37. The quantitative estimate of drug-likeness (QED) is 0.263. The molecule has 36 heavy (non-hydrogen) atoms. The van der Waals surface area contributed by atoms with Gasteiger partial charge in [0.1, 0.15) is 0 Å². The molecule has 0 aliphatic rings. The van der Waals surface area contributed by atoms with Crippen molar-refractivity contribution in [2.45, 2.75) is 92.9 Å². The van der Waals surface area contributed by atoms with Crippen LogP contribution in [0.4, 0.5) is 11.4 Å². The van der Waals surface area contributed by atoms with Crippen molar-refractivity contribution in [3.63, 3.8) is 0 Å². The van der Waals surface area contributed by atoms with Crippen LogP contribution in [0.25, 0.3) is 0 Å². The first kappa shape index (κ1) is 37.3. The van der Waals surface area contributed by atoms with Crippen molar-refractivity contribution in [3.8, 4) is 0 Å². The minimum Gasteiger partial charge on any atom is -1.00 e. The van der Waals surface area contributed by atoms with Crippen LogP contribution in [-0.4, -0.2) is 26.2 Å². The maximum absolute atomic E-state index is 3.75. The minimum atomic E-state index is 0. The summed E-state index contributed by atoms with van der Waals surface area (Å²) in [6.45, 7) is 26.5. The van der Waals surface area contributed by atoms with E-state index in [0.29, 0.717) is 23.7 Å². The summed E-state index contributed by atoms with van der Waals surface area (Å²) in [6.07, 6.45) is 0. The maximum Gasteiger partial charge on any atom is 2.00 e. The Morgan fingerprint density at radius 2 is 0.750 bits per heavy atom. The summed E-state index contributed by atoms with van der Waals surface area (Å²) in [7, 11) is 0. The first-order chi connectivity index (χ1) is 15.5. The van der Waals surface area contributed by atoms with Crippen molar-refractivity contribution in [1.82, 2.24) is 5.32 Å². The van der Waals surface area contributed by atoms with E-state index in [9.17, 15) is 0 Å². The molecule has 6 heteroatoms. The van der Waals surface area contributed by atoms with Crippen LogP contribution in [0, 0.1) is 13.8 Å². The van der Waals surface area contributed by atoms with E-state index < -0.39 is 0 Å². The van der Waals surface area contributed by atoms with Gasteiger partial charge in [-0.2, -0.15) is 0 Å². The molecule has 1 radical (unpaired) electrons. The Labute approximate surface area is 245 Å². The number of nitrogens with one attached hydrogen (secondary N) is 3. The monoisotopic (exact) mass is 584 g/mol. The fourth-order valence-electron chi connectivity index (χ4n) is 4.59. The van der Waals surface area contributed by atoms with E-state index in [2.05, 4.69) is 109 Å². The fraction of sp³-hybridized carbons (Fsp3) is 0.600. The minimum absolute atomic E-state index is 0. The Kier molecular flexibility index (Phi) is 18.2. The van der Waals surface area contributed by atoms with Crippen LogP contribution in [-0.2, 0) is 17.1 Å². The van der Waals surface area contributed by atoms with Gasteiger partial charge < -0.3 is 40.8 Å². The molecule has 3 nitrogen and oxygen atoms in total. The van der Waals surface area contributed by atoms with Gasteiger partial charge in [0.05, 0.1) is 0 Å². The van der Waals surface area contributed by atoms with Crippen LogP contribution in [0.3, 0.4) is 0 Å². The molecular formula is C30H49Cl2CuN3. The SMILES string of the molecule is Cc1cc(C(C)C)c(NCCNCCNc2c(C(C)C)cc(C)cc2C(C)C)c(C(C)C)c1.[Cl-].[Cl-].[Cu+2]. The third kappa shape index (κ3) is 10.5. The van der Waals surface area contributed by atoms with Crippen molar-refractivity contribution >= 4 is 11.4 Å². The van der Waals surface area contributed by atoms with Crippen LogP contribution < -0.4 is 40.8 Å². The topological polar surface area (TPSA) is 36.1 Å². The molecule has 0 saturated carbocycles. The number of hydrogen-bond acceptors (Lipinski definition) is 3. The Morgan fingerprint density at radius 3 is 0.972 bits per heavy atom. The van der Waals surface area contributed by atoms with E-state index in [0.717, 1.165) is 26.2 Å². The zero-order valence-corrected chi connectivity index (χ0v) is 26.5. The molecule has 0 heterocycles. The second-order valence-electron chi connectivity index (χ2n) is 10.9. The average molecular weight is 586 g/mol. The Hall–Kier alpha value is -0.901. The van der Waals surface area contributed by atoms with Gasteiger partial charge >= 0.3 is 17.1 Å². The molecule has 0 atom stereocenters. The van der Waals surface area contributed by atoms with Crippen LogP contribution in [0.15, 0.2) is 24.3 Å². The average Bonchev–Trinajstić information content (AvgIpc) is 2.73. The summed E-state index contributed by atoms with van der Waals surface area (Å²) in [5.41, 5.74) is 11.1. The van der Waals surface area contributed by atoms with Crippen LogP contribution in [0.2, 0.25) is 0 Å². The van der Waals surface area contributed by atoms with Gasteiger partial charge in [-0.05, 0) is 59.8 Å². The summed E-state index contributed by atoms with van der Waals surface area (Å²) < 4.78 is 0. The van der Waals surface area contributed by atoms with E-state index in [4.69, 9.17) is 0 Å². The third-order valence-electron chi connectivity index (χ3n) is 6.38. The molecule has 0 aromatic heterocycles. The van der Waals surface area contributed by atoms with Gasteiger partial charge in [0.15, 0.2) is 0 Å². The second-order valence-corrected chi connectivity index (χ2v) is 10.9. The summed E-state index contributed by atoms with van der Waals surface area (Å²) >= 11 is 0. The molecule has 0 bridgehead atoms. The van der Waals surface area contributed by atoms with Gasteiger partial charge in [-0.3, -0.25) is 0 Å². The van der Waals surface area contributed by atoms with E-state index in [-0.39, 0.29) is 41.9 Å². The number of benzene rings is 2. The summed E-state index contributed by atoms with van der Waals surface area (Å²) in [5.74, 6) is 2.06. The molecule has 0 spiro atoms. The molecule has 0 saturated heterocycles. The molecule has 0 amide bonds. The predicted octanol–water partition coefficient (Wildman–Crippen LogP) is 1.92. The number of aryl methyl sites for hydroxylation is 2. The Bertz CT molecular complexity index is 780. The van der Waals surface area contributed by atoms with E-state index in [1.165, 1.54) is 44.8 Å². The van der Waals surface area contributed by atoms with Crippen molar-refractivity contribution in [2.75, 3.05) is 36.8 Å². The smallest absolute Gasteiger partial charge is 1.00 e. The zero-order valence-electron chi connectivity index (χ0n) is 24.0. The number of halogens is 2. The largest absolute Gasteiger partial charge is 2.00 e. The fourth-order valence-corrected chi connectivity index (χ4v) is 4.59. The maximum atomic E-state index is 3.75. The molecule has 0 aliphatic heterocycles. The Balaban J connectivity index is 0. The molecule has 0 fully saturated rings. The van der Waals surface area contributed by atoms with Crippen molar-refractivity contribution in [1.29, 1.82) is 0 Å². The third-order valence-corrected chi connectivity index (χ3v) is 6.38. The van der Waals surface area contributed by atoms with Crippen LogP contribution in [0.5, 0.6) is 0 Å². The van der Waals surface area contributed by atoms with Crippen LogP contribution >= 0.6 is 0 Å². The summed E-state index contributed by atoms with van der Waals surface area (Å²) in [4.78, 5) is 0. The van der Waals surface area contributed by atoms with E-state index in [1.807, 2.05) is 0 Å². The first-order valence-electron chi connectivity index (χ1n) is 13.0.